The highest BCUT2D eigenvalue weighted by atomic mass is 32.1. The lowest BCUT2D eigenvalue weighted by Crippen LogP contribution is -2.09. The molecule has 0 spiro atoms. The van der Waals surface area contributed by atoms with Gasteiger partial charge >= 0.3 is 0 Å². The molecule has 3 nitrogen and oxygen atoms in total. The van der Waals surface area contributed by atoms with Gasteiger partial charge in [-0.2, -0.15) is 5.26 Å². The summed E-state index contributed by atoms with van der Waals surface area (Å²) in [5, 5.41) is 9.53. The predicted octanol–water partition coefficient (Wildman–Crippen LogP) is 4.23. The molecule has 0 saturated carbocycles. The lowest BCUT2D eigenvalue weighted by molar-refractivity contribution is 0.610. The number of anilines is 1. The molecule has 0 radical (unpaired) electrons. The minimum atomic E-state index is 0.387. The van der Waals surface area contributed by atoms with Crippen LogP contribution in [-0.4, -0.2) is 4.98 Å². The molecular formula is C17H19N3S. The Morgan fingerprint density at radius 2 is 1.95 bits per heavy atom. The van der Waals surface area contributed by atoms with Gasteiger partial charge in [-0.3, -0.25) is 0 Å². The van der Waals surface area contributed by atoms with Gasteiger partial charge in [-0.1, -0.05) is 12.8 Å². The standard InChI is InChI=1S/C17H19N3S/c1-11-8-9-15(21-11)16-12-6-4-2-3-5-7-14(12)20-17(19)13(16)10-18/h8-9H,2-7H2,1H3,(H2,19,20). The Morgan fingerprint density at radius 1 is 1.19 bits per heavy atom. The maximum Gasteiger partial charge on any atom is 0.142 e. The van der Waals surface area contributed by atoms with E-state index in [0.29, 0.717) is 11.4 Å². The van der Waals surface area contributed by atoms with E-state index in [0.717, 1.165) is 35.4 Å². The highest BCUT2D eigenvalue weighted by Gasteiger charge is 2.21. The van der Waals surface area contributed by atoms with Crippen molar-refractivity contribution < 1.29 is 0 Å². The number of rotatable bonds is 1. The third-order valence-corrected chi connectivity index (χ3v) is 5.12. The van der Waals surface area contributed by atoms with Crippen molar-refractivity contribution in [1.82, 2.24) is 4.98 Å². The van der Waals surface area contributed by atoms with Crippen molar-refractivity contribution in [3.8, 4) is 16.5 Å². The first-order valence-electron chi connectivity index (χ1n) is 7.49. The molecule has 0 aliphatic heterocycles. The largest absolute Gasteiger partial charge is 0.383 e. The lowest BCUT2D eigenvalue weighted by atomic mass is 9.90. The molecule has 108 valence electrons. The maximum absolute atomic E-state index is 9.53. The zero-order chi connectivity index (χ0) is 14.8. The molecule has 0 fully saturated rings. The van der Waals surface area contributed by atoms with Crippen molar-refractivity contribution in [1.29, 1.82) is 5.26 Å². The average molecular weight is 297 g/mol. The molecule has 21 heavy (non-hydrogen) atoms. The van der Waals surface area contributed by atoms with Crippen molar-refractivity contribution >= 4 is 17.2 Å². The Kier molecular flexibility index (Phi) is 3.94. The molecule has 2 N–H and O–H groups in total. The van der Waals surface area contributed by atoms with E-state index in [2.05, 4.69) is 30.1 Å². The molecule has 0 saturated heterocycles. The molecule has 2 aromatic rings. The Bertz CT molecular complexity index is 710. The summed E-state index contributed by atoms with van der Waals surface area (Å²) in [6, 6.07) is 6.49. The third-order valence-electron chi connectivity index (χ3n) is 4.10. The SMILES string of the molecule is Cc1ccc(-c2c(C#N)c(N)nc3c2CCCCCC3)s1. The first kappa shape index (κ1) is 14.1. The number of nitrogens with zero attached hydrogens (tertiary/aromatic N) is 2. The highest BCUT2D eigenvalue weighted by Crippen LogP contribution is 2.38. The Morgan fingerprint density at radius 3 is 2.62 bits per heavy atom. The van der Waals surface area contributed by atoms with Crippen LogP contribution >= 0.6 is 11.3 Å². The monoisotopic (exact) mass is 297 g/mol. The summed E-state index contributed by atoms with van der Waals surface area (Å²) in [6.07, 6.45) is 6.82. The maximum atomic E-state index is 9.53. The number of nitrogen functional groups attached to an aromatic ring is 1. The van der Waals surface area contributed by atoms with Crippen LogP contribution < -0.4 is 5.73 Å². The highest BCUT2D eigenvalue weighted by molar-refractivity contribution is 7.15. The van der Waals surface area contributed by atoms with Gasteiger partial charge in [-0.05, 0) is 50.3 Å². The van der Waals surface area contributed by atoms with Gasteiger partial charge in [-0.15, -0.1) is 11.3 Å². The summed E-state index contributed by atoms with van der Waals surface area (Å²) in [4.78, 5) is 6.94. The van der Waals surface area contributed by atoms with Gasteiger partial charge < -0.3 is 5.73 Å². The molecule has 0 aromatic carbocycles. The van der Waals surface area contributed by atoms with Crippen LogP contribution in [0.1, 0.15) is 47.4 Å². The number of fused-ring (bicyclic) bond motifs is 1. The van der Waals surface area contributed by atoms with E-state index in [1.54, 1.807) is 11.3 Å². The van der Waals surface area contributed by atoms with Gasteiger partial charge in [0.1, 0.15) is 17.5 Å². The zero-order valence-electron chi connectivity index (χ0n) is 12.3. The van der Waals surface area contributed by atoms with Crippen LogP contribution in [0.2, 0.25) is 0 Å². The van der Waals surface area contributed by atoms with E-state index >= 15 is 0 Å². The summed E-state index contributed by atoms with van der Waals surface area (Å²) in [6.45, 7) is 2.09. The molecule has 0 unspecified atom stereocenters. The topological polar surface area (TPSA) is 62.7 Å². The van der Waals surface area contributed by atoms with E-state index in [9.17, 15) is 5.26 Å². The molecule has 2 aromatic heterocycles. The first-order valence-corrected chi connectivity index (χ1v) is 8.30. The minimum absolute atomic E-state index is 0.387. The summed E-state index contributed by atoms with van der Waals surface area (Å²) in [5.41, 5.74) is 10.0. The zero-order valence-corrected chi connectivity index (χ0v) is 13.1. The smallest absolute Gasteiger partial charge is 0.142 e. The summed E-state index contributed by atoms with van der Waals surface area (Å²) in [7, 11) is 0. The molecule has 1 aliphatic carbocycles. The van der Waals surface area contributed by atoms with E-state index in [4.69, 9.17) is 5.73 Å². The fraction of sp³-hybridized carbons (Fsp3) is 0.412. The molecule has 0 bridgehead atoms. The molecule has 2 heterocycles. The van der Waals surface area contributed by atoms with Crippen molar-refractivity contribution in [2.75, 3.05) is 5.73 Å². The Hall–Kier alpha value is -1.86. The van der Waals surface area contributed by atoms with E-state index in [-0.39, 0.29) is 0 Å². The fourth-order valence-corrected chi connectivity index (χ4v) is 4.02. The molecule has 4 heteroatoms. The summed E-state index contributed by atoms with van der Waals surface area (Å²) >= 11 is 1.73. The number of aryl methyl sites for hydroxylation is 2. The summed E-state index contributed by atoms with van der Waals surface area (Å²) in [5.74, 6) is 0.387. The van der Waals surface area contributed by atoms with Crippen LogP contribution in [0.5, 0.6) is 0 Å². The quantitative estimate of drug-likeness (QED) is 0.856. The van der Waals surface area contributed by atoms with Gasteiger partial charge in [0.15, 0.2) is 0 Å². The Balaban J connectivity index is 2.25. The van der Waals surface area contributed by atoms with Gasteiger partial charge in [0, 0.05) is 21.0 Å². The van der Waals surface area contributed by atoms with Crippen LogP contribution in [0.25, 0.3) is 10.4 Å². The number of nitrogens with two attached hydrogens (primary N) is 1. The molecule has 3 rings (SSSR count). The van der Waals surface area contributed by atoms with E-state index in [1.165, 1.54) is 29.7 Å². The van der Waals surface area contributed by atoms with Gasteiger partial charge in [0.05, 0.1) is 0 Å². The average Bonchev–Trinajstić information content (AvgIpc) is 2.86. The number of hydrogen-bond acceptors (Lipinski definition) is 4. The molecular weight excluding hydrogens is 278 g/mol. The second-order valence-electron chi connectivity index (χ2n) is 5.61. The number of hydrogen-bond donors (Lipinski definition) is 1. The molecule has 0 amide bonds. The van der Waals surface area contributed by atoms with E-state index < -0.39 is 0 Å². The fourth-order valence-electron chi connectivity index (χ4n) is 3.07. The van der Waals surface area contributed by atoms with Gasteiger partial charge in [0.2, 0.25) is 0 Å². The number of aromatic nitrogens is 1. The Labute approximate surface area is 129 Å². The van der Waals surface area contributed by atoms with Crippen molar-refractivity contribution in [2.24, 2.45) is 0 Å². The van der Waals surface area contributed by atoms with Crippen LogP contribution in [0.15, 0.2) is 12.1 Å². The predicted molar refractivity (Wildman–Crippen MR) is 87.3 cm³/mol. The van der Waals surface area contributed by atoms with Crippen molar-refractivity contribution in [3.63, 3.8) is 0 Å². The van der Waals surface area contributed by atoms with Crippen LogP contribution in [0.3, 0.4) is 0 Å². The third kappa shape index (κ3) is 2.66. The number of thiophene rings is 1. The number of nitriles is 1. The van der Waals surface area contributed by atoms with Gasteiger partial charge in [-0.25, -0.2) is 4.98 Å². The second-order valence-corrected chi connectivity index (χ2v) is 6.90. The number of pyridine rings is 1. The van der Waals surface area contributed by atoms with Gasteiger partial charge in [0.25, 0.3) is 0 Å². The normalized spacial score (nSPS) is 14.9. The molecule has 0 atom stereocenters. The minimum Gasteiger partial charge on any atom is -0.383 e. The first-order chi connectivity index (χ1) is 10.2. The summed E-state index contributed by atoms with van der Waals surface area (Å²) < 4.78 is 0. The van der Waals surface area contributed by atoms with Crippen LogP contribution in [0.4, 0.5) is 5.82 Å². The van der Waals surface area contributed by atoms with Crippen LogP contribution in [-0.2, 0) is 12.8 Å². The molecule has 1 aliphatic rings. The van der Waals surface area contributed by atoms with Crippen molar-refractivity contribution in [2.45, 2.75) is 45.4 Å². The van der Waals surface area contributed by atoms with E-state index in [1.807, 2.05) is 0 Å². The van der Waals surface area contributed by atoms with Crippen LogP contribution in [0, 0.1) is 18.3 Å². The lowest BCUT2D eigenvalue weighted by Gasteiger charge is -2.18. The van der Waals surface area contributed by atoms with Crippen molar-refractivity contribution in [3.05, 3.63) is 33.8 Å². The second kappa shape index (κ2) is 5.87.